The molecular formula is C15H22N2O2S. The third kappa shape index (κ3) is 5.17. The zero-order chi connectivity index (χ0) is 15.1. The Hall–Kier alpha value is -1.62. The summed E-state index contributed by atoms with van der Waals surface area (Å²) >= 11 is 4.79. The fourth-order valence-electron chi connectivity index (χ4n) is 1.72. The van der Waals surface area contributed by atoms with Crippen molar-refractivity contribution in [1.82, 2.24) is 4.90 Å². The monoisotopic (exact) mass is 294 g/mol. The number of thiocarbonyl (C=S) groups is 1. The average molecular weight is 294 g/mol. The van der Waals surface area contributed by atoms with Gasteiger partial charge in [-0.2, -0.15) is 0 Å². The van der Waals surface area contributed by atoms with Crippen LogP contribution in [0.2, 0.25) is 0 Å². The molecule has 110 valence electrons. The topological polar surface area (TPSA) is 55.6 Å². The minimum Gasteiger partial charge on any atom is -0.493 e. The number of nitrogens with two attached hydrogens (primary N) is 1. The molecule has 0 aliphatic carbocycles. The Bertz CT molecular complexity index is 489. The number of hydrogen-bond acceptors (Lipinski definition) is 3. The predicted molar refractivity (Wildman–Crippen MR) is 85.1 cm³/mol. The first-order chi connectivity index (χ1) is 9.41. The van der Waals surface area contributed by atoms with Crippen molar-refractivity contribution in [3.8, 4) is 5.75 Å². The van der Waals surface area contributed by atoms with E-state index >= 15 is 0 Å². The van der Waals surface area contributed by atoms with Crippen LogP contribution in [0.4, 0.5) is 0 Å². The van der Waals surface area contributed by atoms with Crippen molar-refractivity contribution in [1.29, 1.82) is 0 Å². The smallest absolute Gasteiger partial charge is 0.225 e. The highest BCUT2D eigenvalue weighted by Crippen LogP contribution is 2.20. The average Bonchev–Trinajstić information content (AvgIpc) is 2.40. The first kappa shape index (κ1) is 16.4. The number of carbonyl (C=O) groups is 1. The van der Waals surface area contributed by atoms with Crippen LogP contribution in [0.3, 0.4) is 0 Å². The first-order valence-electron chi connectivity index (χ1n) is 6.63. The molecule has 0 radical (unpaired) electrons. The summed E-state index contributed by atoms with van der Waals surface area (Å²) in [6.45, 7) is 4.98. The number of benzene rings is 1. The van der Waals surface area contributed by atoms with E-state index in [0.717, 1.165) is 11.3 Å². The van der Waals surface area contributed by atoms with Crippen molar-refractivity contribution < 1.29 is 9.53 Å². The van der Waals surface area contributed by atoms with Gasteiger partial charge in [0.25, 0.3) is 0 Å². The Morgan fingerprint density at radius 1 is 1.35 bits per heavy atom. The Balaban J connectivity index is 2.38. The molecule has 0 aliphatic rings. The van der Waals surface area contributed by atoms with Crippen molar-refractivity contribution in [3.63, 3.8) is 0 Å². The SMILES string of the molecule is Cc1cccc(OCCC(=O)N(C)CCC(N)=S)c1C. The van der Waals surface area contributed by atoms with Gasteiger partial charge in [0.2, 0.25) is 5.91 Å². The lowest BCUT2D eigenvalue weighted by Crippen LogP contribution is -2.30. The molecule has 0 fully saturated rings. The van der Waals surface area contributed by atoms with Gasteiger partial charge in [-0.3, -0.25) is 4.79 Å². The van der Waals surface area contributed by atoms with E-state index in [0.29, 0.717) is 31.0 Å². The minimum absolute atomic E-state index is 0.0338. The fraction of sp³-hybridized carbons (Fsp3) is 0.467. The van der Waals surface area contributed by atoms with Crippen LogP contribution in [0.1, 0.15) is 24.0 Å². The molecule has 0 saturated heterocycles. The van der Waals surface area contributed by atoms with Gasteiger partial charge in [0, 0.05) is 20.0 Å². The quantitative estimate of drug-likeness (QED) is 0.783. The molecule has 0 bridgehead atoms. The minimum atomic E-state index is 0.0338. The van der Waals surface area contributed by atoms with E-state index in [9.17, 15) is 4.79 Å². The van der Waals surface area contributed by atoms with Gasteiger partial charge in [0.1, 0.15) is 5.75 Å². The summed E-state index contributed by atoms with van der Waals surface area (Å²) in [7, 11) is 1.75. The lowest BCUT2D eigenvalue weighted by molar-refractivity contribution is -0.130. The maximum Gasteiger partial charge on any atom is 0.225 e. The third-order valence-electron chi connectivity index (χ3n) is 3.25. The zero-order valence-electron chi connectivity index (χ0n) is 12.3. The van der Waals surface area contributed by atoms with Gasteiger partial charge in [-0.15, -0.1) is 0 Å². The molecule has 1 rings (SSSR count). The summed E-state index contributed by atoms with van der Waals surface area (Å²) in [6, 6.07) is 5.91. The van der Waals surface area contributed by atoms with Crippen LogP contribution < -0.4 is 10.5 Å². The van der Waals surface area contributed by atoms with Crippen molar-refractivity contribution in [3.05, 3.63) is 29.3 Å². The highest BCUT2D eigenvalue weighted by Gasteiger charge is 2.09. The number of aryl methyl sites for hydroxylation is 1. The normalized spacial score (nSPS) is 10.2. The van der Waals surface area contributed by atoms with Crippen molar-refractivity contribution >= 4 is 23.1 Å². The molecule has 1 aromatic carbocycles. The molecule has 2 N–H and O–H groups in total. The molecule has 0 heterocycles. The Morgan fingerprint density at radius 3 is 2.70 bits per heavy atom. The number of ether oxygens (including phenoxy) is 1. The lowest BCUT2D eigenvalue weighted by Gasteiger charge is -2.17. The first-order valence-corrected chi connectivity index (χ1v) is 7.04. The molecule has 0 spiro atoms. The van der Waals surface area contributed by atoms with Gasteiger partial charge in [0.15, 0.2) is 0 Å². The summed E-state index contributed by atoms with van der Waals surface area (Å²) in [5.74, 6) is 0.871. The number of hydrogen-bond donors (Lipinski definition) is 1. The van der Waals surface area contributed by atoms with Gasteiger partial charge >= 0.3 is 0 Å². The summed E-state index contributed by atoms with van der Waals surface area (Å²) in [6.07, 6.45) is 0.899. The number of rotatable bonds is 7. The maximum absolute atomic E-state index is 11.9. The highest BCUT2D eigenvalue weighted by atomic mass is 32.1. The largest absolute Gasteiger partial charge is 0.493 e. The molecular weight excluding hydrogens is 272 g/mol. The zero-order valence-corrected chi connectivity index (χ0v) is 13.1. The van der Waals surface area contributed by atoms with Crippen LogP contribution in [0.5, 0.6) is 5.75 Å². The van der Waals surface area contributed by atoms with Gasteiger partial charge in [-0.25, -0.2) is 0 Å². The Kier molecular flexibility index (Phi) is 6.45. The molecule has 1 aromatic rings. The number of nitrogens with zero attached hydrogens (tertiary/aromatic N) is 1. The van der Waals surface area contributed by atoms with E-state index in [1.54, 1.807) is 11.9 Å². The van der Waals surface area contributed by atoms with Gasteiger partial charge in [0.05, 0.1) is 18.0 Å². The van der Waals surface area contributed by atoms with E-state index in [1.807, 2.05) is 32.0 Å². The molecule has 4 nitrogen and oxygen atoms in total. The van der Waals surface area contributed by atoms with Crippen LogP contribution in [-0.2, 0) is 4.79 Å². The molecule has 20 heavy (non-hydrogen) atoms. The highest BCUT2D eigenvalue weighted by molar-refractivity contribution is 7.80. The molecule has 0 saturated carbocycles. The predicted octanol–water partition coefficient (Wildman–Crippen LogP) is 2.21. The fourth-order valence-corrected chi connectivity index (χ4v) is 1.81. The van der Waals surface area contributed by atoms with E-state index in [2.05, 4.69) is 0 Å². The van der Waals surface area contributed by atoms with Gasteiger partial charge in [-0.05, 0) is 31.0 Å². The van der Waals surface area contributed by atoms with E-state index < -0.39 is 0 Å². The van der Waals surface area contributed by atoms with Crippen LogP contribution >= 0.6 is 12.2 Å². The van der Waals surface area contributed by atoms with Gasteiger partial charge < -0.3 is 15.4 Å². The molecule has 0 unspecified atom stereocenters. The number of carbonyl (C=O) groups excluding carboxylic acids is 1. The van der Waals surface area contributed by atoms with E-state index in [4.69, 9.17) is 22.7 Å². The van der Waals surface area contributed by atoms with Crippen molar-refractivity contribution in [2.45, 2.75) is 26.7 Å². The standard InChI is InChI=1S/C15H22N2O2S/c1-11-5-4-6-13(12(11)2)19-10-8-15(18)17(3)9-7-14(16)20/h4-6H,7-10H2,1-3H3,(H2,16,20). The molecule has 0 atom stereocenters. The molecule has 1 amide bonds. The third-order valence-corrected chi connectivity index (χ3v) is 3.45. The molecule has 0 aliphatic heterocycles. The number of amides is 1. The molecule has 0 aromatic heterocycles. The Labute approximate surface area is 125 Å². The van der Waals surface area contributed by atoms with Crippen LogP contribution in [0, 0.1) is 13.8 Å². The van der Waals surface area contributed by atoms with Crippen LogP contribution in [0.15, 0.2) is 18.2 Å². The van der Waals surface area contributed by atoms with Crippen LogP contribution in [0.25, 0.3) is 0 Å². The lowest BCUT2D eigenvalue weighted by atomic mass is 10.1. The second-order valence-electron chi connectivity index (χ2n) is 4.83. The second-order valence-corrected chi connectivity index (χ2v) is 5.35. The van der Waals surface area contributed by atoms with Crippen molar-refractivity contribution in [2.24, 2.45) is 5.73 Å². The van der Waals surface area contributed by atoms with Crippen molar-refractivity contribution in [2.75, 3.05) is 20.2 Å². The maximum atomic E-state index is 11.9. The summed E-state index contributed by atoms with van der Waals surface area (Å²) in [5.41, 5.74) is 7.71. The van der Waals surface area contributed by atoms with E-state index in [-0.39, 0.29) is 5.91 Å². The summed E-state index contributed by atoms with van der Waals surface area (Å²) < 4.78 is 5.67. The Morgan fingerprint density at radius 2 is 2.05 bits per heavy atom. The second kappa shape index (κ2) is 7.85. The van der Waals surface area contributed by atoms with Gasteiger partial charge in [-0.1, -0.05) is 24.4 Å². The van der Waals surface area contributed by atoms with E-state index in [1.165, 1.54) is 5.56 Å². The summed E-state index contributed by atoms with van der Waals surface area (Å²) in [4.78, 5) is 13.9. The molecule has 5 heteroatoms. The van der Waals surface area contributed by atoms with Crippen LogP contribution in [-0.4, -0.2) is 36.0 Å². The summed E-state index contributed by atoms with van der Waals surface area (Å²) in [5, 5.41) is 0.